The second-order valence-corrected chi connectivity index (χ2v) is 7.30. The monoisotopic (exact) mass is 385 g/mol. The number of aromatic nitrogens is 1. The van der Waals surface area contributed by atoms with Crippen molar-refractivity contribution in [2.45, 2.75) is 19.1 Å². The highest BCUT2D eigenvalue weighted by atomic mass is 16.7. The minimum absolute atomic E-state index is 0.252. The number of carbonyl (C=O) groups is 2. The fraction of sp³-hybridized carbons (Fsp3) is 0.174. The van der Waals surface area contributed by atoms with Crippen LogP contribution in [0.15, 0.2) is 79.1 Å². The van der Waals surface area contributed by atoms with Gasteiger partial charge in [0.1, 0.15) is 5.92 Å². The van der Waals surface area contributed by atoms with Gasteiger partial charge in [-0.25, -0.2) is 9.96 Å². The maximum atomic E-state index is 13.4. The molecule has 2 saturated heterocycles. The van der Waals surface area contributed by atoms with Gasteiger partial charge in [-0.2, -0.15) is 0 Å². The molecule has 2 aliphatic rings. The molecule has 3 heterocycles. The Hall–Kier alpha value is -3.51. The zero-order valence-electron chi connectivity index (χ0n) is 15.8. The smallest absolute Gasteiger partial charge is 0.266 e. The van der Waals surface area contributed by atoms with Crippen molar-refractivity contribution in [3.05, 3.63) is 90.3 Å². The molecule has 2 aromatic carbocycles. The lowest BCUT2D eigenvalue weighted by atomic mass is 9.91. The summed E-state index contributed by atoms with van der Waals surface area (Å²) in [4.78, 5) is 38.2. The zero-order chi connectivity index (χ0) is 20.0. The molecule has 5 rings (SSSR count). The number of benzene rings is 2. The Morgan fingerprint density at radius 1 is 0.897 bits per heavy atom. The van der Waals surface area contributed by atoms with Gasteiger partial charge >= 0.3 is 0 Å². The lowest BCUT2D eigenvalue weighted by Crippen LogP contribution is -2.37. The van der Waals surface area contributed by atoms with Gasteiger partial charge in [-0.15, -0.1) is 0 Å². The van der Waals surface area contributed by atoms with E-state index in [1.54, 1.807) is 23.5 Å². The Balaban J connectivity index is 1.59. The summed E-state index contributed by atoms with van der Waals surface area (Å²) in [5.74, 6) is -1.23. The average molecular weight is 385 g/mol. The molecule has 0 aliphatic carbocycles. The molecule has 3 atom stereocenters. The predicted octanol–water partition coefficient (Wildman–Crippen LogP) is 3.44. The number of hydrogen-bond acceptors (Lipinski definition) is 5. The maximum Gasteiger partial charge on any atom is 0.266 e. The molecule has 2 amide bonds. The Kier molecular flexibility index (Phi) is 4.14. The van der Waals surface area contributed by atoms with Crippen molar-refractivity contribution in [1.29, 1.82) is 0 Å². The number of carbonyl (C=O) groups excluding carboxylic acids is 2. The molecule has 29 heavy (non-hydrogen) atoms. The lowest BCUT2D eigenvalue weighted by Gasteiger charge is -2.28. The van der Waals surface area contributed by atoms with E-state index < -0.39 is 18.1 Å². The first kappa shape index (κ1) is 17.6. The Morgan fingerprint density at radius 3 is 2.41 bits per heavy atom. The third-order valence-corrected chi connectivity index (χ3v) is 5.41. The van der Waals surface area contributed by atoms with Crippen LogP contribution in [-0.4, -0.2) is 22.9 Å². The van der Waals surface area contributed by atoms with Crippen LogP contribution in [0.2, 0.25) is 0 Å². The summed E-state index contributed by atoms with van der Waals surface area (Å²) >= 11 is 0. The highest BCUT2D eigenvalue weighted by molar-refractivity contribution is 6.23. The number of rotatable bonds is 3. The van der Waals surface area contributed by atoms with Crippen molar-refractivity contribution in [2.24, 2.45) is 5.92 Å². The van der Waals surface area contributed by atoms with Crippen LogP contribution < -0.4 is 9.96 Å². The SMILES string of the molecule is Cc1cccc(N2C(=O)[C@H]3[C@@H](ON(c4ccccc4)[C@H]3c3cccnc3)C2=O)c1. The van der Waals surface area contributed by atoms with Gasteiger partial charge in [0.05, 0.1) is 17.4 Å². The van der Waals surface area contributed by atoms with Crippen molar-refractivity contribution in [3.8, 4) is 0 Å². The molecule has 6 heteroatoms. The number of nitrogens with zero attached hydrogens (tertiary/aromatic N) is 3. The van der Waals surface area contributed by atoms with E-state index in [0.29, 0.717) is 5.69 Å². The summed E-state index contributed by atoms with van der Waals surface area (Å²) in [7, 11) is 0. The third kappa shape index (κ3) is 2.80. The minimum Gasteiger partial charge on any atom is -0.273 e. The van der Waals surface area contributed by atoms with Crippen molar-refractivity contribution >= 4 is 23.2 Å². The van der Waals surface area contributed by atoms with E-state index >= 15 is 0 Å². The van der Waals surface area contributed by atoms with Gasteiger partial charge in [-0.1, -0.05) is 36.4 Å². The molecule has 2 fully saturated rings. The molecule has 3 aromatic rings. The summed E-state index contributed by atoms with van der Waals surface area (Å²) in [6.07, 6.45) is 2.54. The predicted molar refractivity (Wildman–Crippen MR) is 108 cm³/mol. The van der Waals surface area contributed by atoms with Crippen LogP contribution >= 0.6 is 0 Å². The fourth-order valence-electron chi connectivity index (χ4n) is 4.12. The Labute approximate surface area is 168 Å². The van der Waals surface area contributed by atoms with Crippen LogP contribution in [0.4, 0.5) is 11.4 Å². The molecule has 144 valence electrons. The largest absolute Gasteiger partial charge is 0.273 e. The number of pyridine rings is 1. The number of imide groups is 1. The molecule has 0 bridgehead atoms. The number of fused-ring (bicyclic) bond motifs is 1. The highest BCUT2D eigenvalue weighted by Gasteiger charge is 2.60. The van der Waals surface area contributed by atoms with Crippen molar-refractivity contribution in [3.63, 3.8) is 0 Å². The first-order valence-electron chi connectivity index (χ1n) is 9.50. The van der Waals surface area contributed by atoms with Crippen molar-refractivity contribution in [2.75, 3.05) is 9.96 Å². The summed E-state index contributed by atoms with van der Waals surface area (Å²) in [5, 5.41) is 1.68. The van der Waals surface area contributed by atoms with E-state index in [1.165, 1.54) is 4.90 Å². The van der Waals surface area contributed by atoms with E-state index in [4.69, 9.17) is 4.84 Å². The first-order valence-corrected chi connectivity index (χ1v) is 9.50. The molecular formula is C23H19N3O3. The van der Waals surface area contributed by atoms with Gasteiger partial charge in [0.25, 0.3) is 5.91 Å². The fourth-order valence-corrected chi connectivity index (χ4v) is 4.12. The van der Waals surface area contributed by atoms with Crippen LogP contribution in [0.25, 0.3) is 0 Å². The number of amides is 2. The van der Waals surface area contributed by atoms with Gasteiger partial charge in [0, 0.05) is 12.4 Å². The van der Waals surface area contributed by atoms with Crippen molar-refractivity contribution < 1.29 is 14.4 Å². The van der Waals surface area contributed by atoms with E-state index in [9.17, 15) is 9.59 Å². The van der Waals surface area contributed by atoms with Gasteiger partial charge in [0.2, 0.25) is 5.91 Å². The molecule has 0 N–H and O–H groups in total. The second kappa shape index (κ2) is 6.83. The average Bonchev–Trinajstić information content (AvgIpc) is 3.26. The molecule has 1 aromatic heterocycles. The standard InChI is InChI=1S/C23H19N3O3/c1-15-7-5-11-18(13-15)25-22(27)19-20(16-8-6-12-24-14-16)26(29-21(19)23(25)28)17-9-3-2-4-10-17/h2-14,19-21H,1H3/t19-,20+,21-/m1/s1. The van der Waals surface area contributed by atoms with Crippen LogP contribution in [0.5, 0.6) is 0 Å². The molecule has 0 radical (unpaired) electrons. The summed E-state index contributed by atoms with van der Waals surface area (Å²) in [5.41, 5.74) is 3.18. The minimum atomic E-state index is -0.867. The summed E-state index contributed by atoms with van der Waals surface area (Å²) in [6.45, 7) is 1.93. The number of aryl methyl sites for hydroxylation is 1. The van der Waals surface area contributed by atoms with E-state index in [-0.39, 0.29) is 11.8 Å². The summed E-state index contributed by atoms with van der Waals surface area (Å²) < 4.78 is 0. The molecule has 2 aliphatic heterocycles. The number of para-hydroxylation sites is 1. The number of anilines is 2. The molecule has 0 spiro atoms. The van der Waals surface area contributed by atoms with Gasteiger partial charge in [-0.3, -0.25) is 19.4 Å². The maximum absolute atomic E-state index is 13.4. The van der Waals surface area contributed by atoms with Gasteiger partial charge in [0.15, 0.2) is 6.10 Å². The third-order valence-electron chi connectivity index (χ3n) is 5.41. The molecular weight excluding hydrogens is 366 g/mol. The van der Waals surface area contributed by atoms with E-state index in [1.807, 2.05) is 67.6 Å². The quantitative estimate of drug-likeness (QED) is 0.647. The topological polar surface area (TPSA) is 62.7 Å². The van der Waals surface area contributed by atoms with Crippen LogP contribution in [0.3, 0.4) is 0 Å². The first-order chi connectivity index (χ1) is 14.1. The lowest BCUT2D eigenvalue weighted by molar-refractivity contribution is -0.126. The van der Waals surface area contributed by atoms with E-state index in [0.717, 1.165) is 16.8 Å². The van der Waals surface area contributed by atoms with Crippen LogP contribution in [0.1, 0.15) is 17.2 Å². The second-order valence-electron chi connectivity index (χ2n) is 7.30. The van der Waals surface area contributed by atoms with Crippen LogP contribution in [-0.2, 0) is 14.4 Å². The van der Waals surface area contributed by atoms with Gasteiger partial charge in [-0.05, 0) is 48.4 Å². The van der Waals surface area contributed by atoms with Gasteiger partial charge < -0.3 is 0 Å². The zero-order valence-corrected chi connectivity index (χ0v) is 15.8. The Morgan fingerprint density at radius 2 is 1.69 bits per heavy atom. The van der Waals surface area contributed by atoms with Crippen LogP contribution in [0, 0.1) is 12.8 Å². The van der Waals surface area contributed by atoms with E-state index in [2.05, 4.69) is 4.98 Å². The van der Waals surface area contributed by atoms with Crippen molar-refractivity contribution in [1.82, 2.24) is 4.98 Å². The number of hydroxylamine groups is 1. The Bertz CT molecular complexity index is 1070. The normalized spacial score (nSPS) is 23.6. The molecule has 6 nitrogen and oxygen atoms in total. The number of hydrogen-bond donors (Lipinski definition) is 0. The molecule has 0 saturated carbocycles. The highest BCUT2D eigenvalue weighted by Crippen LogP contribution is 2.47. The summed E-state index contributed by atoms with van der Waals surface area (Å²) in [6, 6.07) is 20.2. The molecule has 0 unspecified atom stereocenters.